The van der Waals surface area contributed by atoms with Gasteiger partial charge in [-0.3, -0.25) is 0 Å². The summed E-state index contributed by atoms with van der Waals surface area (Å²) in [5.41, 5.74) is 2.67. The van der Waals surface area contributed by atoms with Crippen LogP contribution in [0.5, 0.6) is 0 Å². The zero-order valence-corrected chi connectivity index (χ0v) is 15.1. The van der Waals surface area contributed by atoms with Crippen LogP contribution in [0.25, 0.3) is 16.6 Å². The molecule has 0 fully saturated rings. The second kappa shape index (κ2) is 7.00. The minimum atomic E-state index is 0.497. The third-order valence-corrected chi connectivity index (χ3v) is 5.17. The van der Waals surface area contributed by atoms with Crippen molar-refractivity contribution in [3.05, 3.63) is 70.3 Å². The van der Waals surface area contributed by atoms with Crippen molar-refractivity contribution in [1.82, 2.24) is 25.2 Å². The van der Waals surface area contributed by atoms with Crippen molar-refractivity contribution in [2.24, 2.45) is 0 Å². The van der Waals surface area contributed by atoms with Gasteiger partial charge in [-0.15, -0.1) is 5.10 Å². The second-order valence-electron chi connectivity index (χ2n) is 5.27. The molecule has 0 aliphatic carbocycles. The Kier molecular flexibility index (Phi) is 4.57. The van der Waals surface area contributed by atoms with E-state index in [1.54, 1.807) is 16.8 Å². The van der Waals surface area contributed by atoms with E-state index < -0.39 is 0 Å². The number of tetrazole rings is 1. The molecule has 0 bridgehead atoms. The fourth-order valence-corrected chi connectivity index (χ4v) is 3.67. The number of halogens is 2. The van der Waals surface area contributed by atoms with Crippen LogP contribution < -0.4 is 0 Å². The van der Waals surface area contributed by atoms with Gasteiger partial charge in [0.05, 0.1) is 11.2 Å². The summed E-state index contributed by atoms with van der Waals surface area (Å²) >= 11 is 13.7. The molecule has 124 valence electrons. The number of aromatic nitrogens is 5. The molecule has 0 unspecified atom stereocenters. The highest BCUT2D eigenvalue weighted by atomic mass is 35.5. The van der Waals surface area contributed by atoms with Crippen LogP contribution in [0.15, 0.2) is 59.8 Å². The Bertz CT molecular complexity index is 1030. The lowest BCUT2D eigenvalue weighted by atomic mass is 10.2. The van der Waals surface area contributed by atoms with Gasteiger partial charge in [0.15, 0.2) is 0 Å². The summed E-state index contributed by atoms with van der Waals surface area (Å²) < 4.78 is 1.67. The Morgan fingerprint density at radius 2 is 1.80 bits per heavy atom. The lowest BCUT2D eigenvalue weighted by Gasteiger charge is -2.07. The summed E-state index contributed by atoms with van der Waals surface area (Å²) in [6, 6.07) is 17.3. The predicted octanol–water partition coefficient (Wildman–Crippen LogP) is 4.81. The topological polar surface area (TPSA) is 56.5 Å². The van der Waals surface area contributed by atoms with Crippen molar-refractivity contribution in [3.8, 4) is 5.69 Å². The molecular formula is C17H11Cl2N5S. The third kappa shape index (κ3) is 3.46. The average molecular weight is 388 g/mol. The fraction of sp³-hybridized carbons (Fsp3) is 0.0588. The summed E-state index contributed by atoms with van der Waals surface area (Å²) in [6.07, 6.45) is 0. The van der Waals surface area contributed by atoms with Gasteiger partial charge in [0.25, 0.3) is 0 Å². The van der Waals surface area contributed by atoms with Crippen LogP contribution in [0.2, 0.25) is 10.2 Å². The molecule has 0 N–H and O–H groups in total. The van der Waals surface area contributed by atoms with E-state index in [1.807, 2.05) is 42.5 Å². The van der Waals surface area contributed by atoms with Crippen LogP contribution in [-0.2, 0) is 5.75 Å². The summed E-state index contributed by atoms with van der Waals surface area (Å²) in [4.78, 5) is 4.44. The van der Waals surface area contributed by atoms with Crippen LogP contribution in [-0.4, -0.2) is 25.2 Å². The van der Waals surface area contributed by atoms with E-state index in [4.69, 9.17) is 23.2 Å². The highest BCUT2D eigenvalue weighted by Crippen LogP contribution is 2.28. The van der Waals surface area contributed by atoms with Gasteiger partial charge in [0.2, 0.25) is 5.16 Å². The van der Waals surface area contributed by atoms with E-state index in [2.05, 4.69) is 20.5 Å². The SMILES string of the molecule is Clc1ccc(-n2nnnc2SCc2cc3ccccc3nc2Cl)cc1. The number of pyridine rings is 1. The predicted molar refractivity (Wildman–Crippen MR) is 100 cm³/mol. The first-order chi connectivity index (χ1) is 12.2. The van der Waals surface area contributed by atoms with Crippen molar-refractivity contribution >= 4 is 45.9 Å². The van der Waals surface area contributed by atoms with Gasteiger partial charge in [-0.05, 0) is 46.8 Å². The molecule has 0 amide bonds. The number of fused-ring (bicyclic) bond motifs is 1. The quantitative estimate of drug-likeness (QED) is 0.371. The summed E-state index contributed by atoms with van der Waals surface area (Å²) in [6.45, 7) is 0. The number of nitrogens with zero attached hydrogens (tertiary/aromatic N) is 5. The molecule has 2 heterocycles. The maximum atomic E-state index is 6.32. The summed E-state index contributed by atoms with van der Waals surface area (Å²) in [5.74, 6) is 0.616. The van der Waals surface area contributed by atoms with E-state index in [0.717, 1.165) is 22.2 Å². The van der Waals surface area contributed by atoms with Crippen molar-refractivity contribution in [1.29, 1.82) is 0 Å². The van der Waals surface area contributed by atoms with E-state index in [9.17, 15) is 0 Å². The van der Waals surface area contributed by atoms with Crippen LogP contribution in [0.1, 0.15) is 5.56 Å². The Balaban J connectivity index is 1.59. The molecule has 0 aliphatic heterocycles. The van der Waals surface area contributed by atoms with Gasteiger partial charge in [0.1, 0.15) is 5.15 Å². The highest BCUT2D eigenvalue weighted by molar-refractivity contribution is 7.98. The number of benzene rings is 2. The number of hydrogen-bond donors (Lipinski definition) is 0. The van der Waals surface area contributed by atoms with Crippen molar-refractivity contribution in [3.63, 3.8) is 0 Å². The first-order valence-corrected chi connectivity index (χ1v) is 9.16. The molecule has 0 saturated heterocycles. The minimum Gasteiger partial charge on any atom is -0.236 e. The van der Waals surface area contributed by atoms with E-state index >= 15 is 0 Å². The van der Waals surface area contributed by atoms with Crippen LogP contribution in [0.3, 0.4) is 0 Å². The van der Waals surface area contributed by atoms with Crippen molar-refractivity contribution in [2.75, 3.05) is 0 Å². The molecule has 0 saturated carbocycles. The molecule has 5 nitrogen and oxygen atoms in total. The maximum Gasteiger partial charge on any atom is 0.214 e. The molecule has 0 atom stereocenters. The number of para-hydroxylation sites is 1. The van der Waals surface area contributed by atoms with Crippen molar-refractivity contribution in [2.45, 2.75) is 10.9 Å². The van der Waals surface area contributed by atoms with Gasteiger partial charge < -0.3 is 0 Å². The summed E-state index contributed by atoms with van der Waals surface area (Å²) in [5, 5.41) is 14.8. The average Bonchev–Trinajstić information content (AvgIpc) is 3.09. The number of hydrogen-bond acceptors (Lipinski definition) is 5. The standard InChI is InChI=1S/C17H11Cl2N5S/c18-13-5-7-14(8-6-13)24-17(21-22-23-24)25-10-12-9-11-3-1-2-4-15(11)20-16(12)19/h1-9H,10H2. The Hall–Kier alpha value is -2.15. The van der Waals surface area contributed by atoms with Gasteiger partial charge >= 0.3 is 0 Å². The van der Waals surface area contributed by atoms with Crippen LogP contribution >= 0.6 is 35.0 Å². The minimum absolute atomic E-state index is 0.497. The normalized spacial score (nSPS) is 11.1. The van der Waals surface area contributed by atoms with Gasteiger partial charge in [0, 0.05) is 21.7 Å². The number of thioether (sulfide) groups is 1. The lowest BCUT2D eigenvalue weighted by molar-refractivity contribution is 0.756. The first-order valence-electron chi connectivity index (χ1n) is 7.42. The molecule has 4 aromatic rings. The Morgan fingerprint density at radius 3 is 2.64 bits per heavy atom. The van der Waals surface area contributed by atoms with Gasteiger partial charge in [-0.1, -0.05) is 53.2 Å². The number of rotatable bonds is 4. The molecule has 8 heteroatoms. The molecule has 2 aromatic carbocycles. The zero-order chi connectivity index (χ0) is 17.2. The molecular weight excluding hydrogens is 377 g/mol. The van der Waals surface area contributed by atoms with Gasteiger partial charge in [-0.2, -0.15) is 4.68 Å². The third-order valence-electron chi connectivity index (χ3n) is 3.62. The molecule has 25 heavy (non-hydrogen) atoms. The van der Waals surface area contributed by atoms with Crippen molar-refractivity contribution < 1.29 is 0 Å². The fourth-order valence-electron chi connectivity index (χ4n) is 2.39. The molecule has 2 aromatic heterocycles. The largest absolute Gasteiger partial charge is 0.236 e. The maximum absolute atomic E-state index is 6.32. The lowest BCUT2D eigenvalue weighted by Crippen LogP contribution is -1.99. The van der Waals surface area contributed by atoms with Gasteiger partial charge in [-0.25, -0.2) is 4.98 Å². The molecule has 4 rings (SSSR count). The summed E-state index contributed by atoms with van der Waals surface area (Å²) in [7, 11) is 0. The van der Waals surface area contributed by atoms with Crippen LogP contribution in [0.4, 0.5) is 0 Å². The van der Waals surface area contributed by atoms with E-state index in [-0.39, 0.29) is 0 Å². The molecule has 0 spiro atoms. The second-order valence-corrected chi connectivity index (χ2v) is 7.01. The Labute approximate surface area is 158 Å². The zero-order valence-electron chi connectivity index (χ0n) is 12.8. The van der Waals surface area contributed by atoms with E-state index in [0.29, 0.717) is 21.1 Å². The Morgan fingerprint density at radius 1 is 1.00 bits per heavy atom. The first kappa shape index (κ1) is 16.3. The monoisotopic (exact) mass is 387 g/mol. The molecule has 0 radical (unpaired) electrons. The van der Waals surface area contributed by atoms with Crippen LogP contribution in [0, 0.1) is 0 Å². The van der Waals surface area contributed by atoms with E-state index in [1.165, 1.54) is 11.8 Å². The smallest absolute Gasteiger partial charge is 0.214 e. The molecule has 0 aliphatic rings. The highest BCUT2D eigenvalue weighted by Gasteiger charge is 2.11.